The van der Waals surface area contributed by atoms with E-state index in [-0.39, 0.29) is 23.8 Å². The predicted octanol–water partition coefficient (Wildman–Crippen LogP) is 9.41. The molecule has 0 bridgehead atoms. The Labute approximate surface area is 260 Å². The molecular weight excluding hydrogens is 532 g/mol. The monoisotopic (exact) mass is 586 g/mol. The van der Waals surface area contributed by atoms with Gasteiger partial charge in [-0.2, -0.15) is 0 Å². The molecule has 0 spiro atoms. The zero-order valence-corrected chi connectivity index (χ0v) is 27.1. The first kappa shape index (κ1) is 32.8. The second-order valence-corrected chi connectivity index (χ2v) is 13.1. The van der Waals surface area contributed by atoms with E-state index in [9.17, 15) is 9.59 Å². The lowest BCUT2D eigenvalue weighted by Crippen LogP contribution is -2.59. The van der Waals surface area contributed by atoms with Crippen LogP contribution < -0.4 is 0 Å². The van der Waals surface area contributed by atoms with Crippen LogP contribution in [0, 0.1) is 0 Å². The highest BCUT2D eigenvalue weighted by atomic mass is 16.5. The predicted molar refractivity (Wildman–Crippen MR) is 176 cm³/mol. The molecule has 2 saturated heterocycles. The fraction of sp³-hybridized carbons (Fsp3) is 0.579. The van der Waals surface area contributed by atoms with Gasteiger partial charge in [0.1, 0.15) is 0 Å². The highest BCUT2D eigenvalue weighted by Crippen LogP contribution is 2.38. The van der Waals surface area contributed by atoms with Gasteiger partial charge in [0.2, 0.25) is 0 Å². The first-order valence-electron chi connectivity index (χ1n) is 17.0. The van der Waals surface area contributed by atoms with Crippen LogP contribution in [0.1, 0.15) is 133 Å². The normalized spacial score (nSPS) is 20.1. The van der Waals surface area contributed by atoms with Gasteiger partial charge in [-0.3, -0.25) is 4.79 Å². The molecule has 1 unspecified atom stereocenters. The summed E-state index contributed by atoms with van der Waals surface area (Å²) < 4.78 is 5.95. The van der Waals surface area contributed by atoms with Gasteiger partial charge in [0, 0.05) is 24.4 Å². The Morgan fingerprint density at radius 3 is 2.23 bits per heavy atom. The molecule has 3 heterocycles. The van der Waals surface area contributed by atoms with E-state index >= 15 is 0 Å². The van der Waals surface area contributed by atoms with Crippen LogP contribution in [0.3, 0.4) is 0 Å². The summed E-state index contributed by atoms with van der Waals surface area (Å²) in [6.07, 6.45) is 21.8. The molecular formula is C38H54N2O3. The summed E-state index contributed by atoms with van der Waals surface area (Å²) in [5.41, 5.74) is 4.78. The van der Waals surface area contributed by atoms with Gasteiger partial charge in [0.05, 0.1) is 11.6 Å². The third kappa shape index (κ3) is 8.74. The molecule has 0 saturated carbocycles. The molecule has 5 nitrogen and oxygen atoms in total. The lowest BCUT2D eigenvalue weighted by Gasteiger charge is -2.49. The fourth-order valence-electron chi connectivity index (χ4n) is 6.81. The van der Waals surface area contributed by atoms with E-state index in [2.05, 4.69) is 27.0 Å². The number of rotatable bonds is 16. The second-order valence-electron chi connectivity index (χ2n) is 13.1. The maximum absolute atomic E-state index is 13.7. The van der Waals surface area contributed by atoms with Crippen molar-refractivity contribution in [2.24, 2.45) is 0 Å². The summed E-state index contributed by atoms with van der Waals surface area (Å²) in [4.78, 5) is 30.9. The average Bonchev–Trinajstić information content (AvgIpc) is 2.98. The highest BCUT2D eigenvalue weighted by molar-refractivity contribution is 5.98. The number of carbonyl (C=O) groups is 2. The summed E-state index contributed by atoms with van der Waals surface area (Å²) >= 11 is 0. The number of esters is 1. The Balaban J connectivity index is 1.25. The van der Waals surface area contributed by atoms with Crippen LogP contribution in [0.15, 0.2) is 71.8 Å². The molecule has 4 rings (SSSR count). The number of amides is 1. The third-order valence-electron chi connectivity index (χ3n) is 9.45. The summed E-state index contributed by atoms with van der Waals surface area (Å²) in [5, 5.41) is 0. The summed E-state index contributed by atoms with van der Waals surface area (Å²) in [6.45, 7) is 15.5. The largest absolute Gasteiger partial charge is 0.420 e. The number of nitrogens with zero attached hydrogens (tertiary/aromatic N) is 2. The number of allylic oxidation sites excluding steroid dienone is 2. The summed E-state index contributed by atoms with van der Waals surface area (Å²) in [6, 6.07) is 7.96. The zero-order valence-electron chi connectivity index (χ0n) is 27.1. The Hall–Kier alpha value is -3.08. The number of hydrogen-bond donors (Lipinski definition) is 0. The molecule has 3 aliphatic rings. The third-order valence-corrected chi connectivity index (χ3v) is 9.45. The molecule has 1 aromatic rings. The van der Waals surface area contributed by atoms with Gasteiger partial charge in [-0.15, -0.1) is 0 Å². The maximum Gasteiger partial charge on any atom is 0.343 e. The second kappa shape index (κ2) is 16.1. The number of fused-ring (bicyclic) bond motifs is 2. The number of ether oxygens (including phenoxy) is 1. The van der Waals surface area contributed by atoms with Crippen molar-refractivity contribution in [3.63, 3.8) is 0 Å². The first-order chi connectivity index (χ1) is 20.8. The smallest absolute Gasteiger partial charge is 0.343 e. The first-order valence-corrected chi connectivity index (χ1v) is 17.0. The number of carbonyl (C=O) groups excluding carboxylic acids is 2. The number of piperazine rings is 1. The SMILES string of the molecule is C=C(CCCCCCCCCCCCC)Cc1ccc(C(=O)OC2=C3C(=O)N4C(CCC[C@H]4C)CN3C=C(C)C2=C)cc1. The lowest BCUT2D eigenvalue weighted by molar-refractivity contribution is -0.139. The Morgan fingerprint density at radius 2 is 1.58 bits per heavy atom. The Bertz CT molecular complexity index is 1210. The summed E-state index contributed by atoms with van der Waals surface area (Å²) in [7, 11) is 0. The number of hydrogen-bond acceptors (Lipinski definition) is 4. The van der Waals surface area contributed by atoms with Crippen LogP contribution in [0.4, 0.5) is 0 Å². The van der Waals surface area contributed by atoms with E-state index in [0.29, 0.717) is 16.8 Å². The van der Waals surface area contributed by atoms with Gasteiger partial charge < -0.3 is 14.5 Å². The van der Waals surface area contributed by atoms with Crippen molar-refractivity contribution in [2.45, 2.75) is 136 Å². The van der Waals surface area contributed by atoms with Crippen LogP contribution in [0.25, 0.3) is 0 Å². The van der Waals surface area contributed by atoms with Crippen LogP contribution in [0.5, 0.6) is 0 Å². The van der Waals surface area contributed by atoms with Crippen molar-refractivity contribution >= 4 is 11.9 Å². The van der Waals surface area contributed by atoms with E-state index in [0.717, 1.165) is 49.8 Å². The van der Waals surface area contributed by atoms with Crippen LogP contribution in [-0.2, 0) is 16.0 Å². The zero-order chi connectivity index (χ0) is 30.8. The van der Waals surface area contributed by atoms with Crippen molar-refractivity contribution in [3.05, 3.63) is 82.9 Å². The highest BCUT2D eigenvalue weighted by Gasteiger charge is 2.44. The fourth-order valence-corrected chi connectivity index (χ4v) is 6.81. The van der Waals surface area contributed by atoms with E-state index in [1.54, 1.807) is 0 Å². The van der Waals surface area contributed by atoms with Crippen molar-refractivity contribution < 1.29 is 14.3 Å². The Morgan fingerprint density at radius 1 is 0.953 bits per heavy atom. The molecule has 2 atom stereocenters. The molecule has 0 aliphatic carbocycles. The number of piperidine rings is 1. The molecule has 2 fully saturated rings. The lowest BCUT2D eigenvalue weighted by atomic mass is 9.91. The average molecular weight is 587 g/mol. The molecule has 0 N–H and O–H groups in total. The van der Waals surface area contributed by atoms with E-state index < -0.39 is 5.97 Å². The van der Waals surface area contributed by atoms with Crippen LogP contribution >= 0.6 is 0 Å². The van der Waals surface area contributed by atoms with Gasteiger partial charge in [-0.1, -0.05) is 102 Å². The molecule has 0 radical (unpaired) electrons. The van der Waals surface area contributed by atoms with Gasteiger partial charge in [-0.05, 0) is 75.6 Å². The molecule has 234 valence electrons. The molecule has 3 aliphatic heterocycles. The molecule has 43 heavy (non-hydrogen) atoms. The maximum atomic E-state index is 13.7. The van der Waals surface area contributed by atoms with Crippen molar-refractivity contribution in [3.8, 4) is 0 Å². The van der Waals surface area contributed by atoms with E-state index in [1.807, 2.05) is 47.2 Å². The minimum Gasteiger partial charge on any atom is -0.420 e. The van der Waals surface area contributed by atoms with Crippen molar-refractivity contribution in [1.82, 2.24) is 9.80 Å². The van der Waals surface area contributed by atoms with Crippen molar-refractivity contribution in [1.29, 1.82) is 0 Å². The minimum atomic E-state index is -0.466. The summed E-state index contributed by atoms with van der Waals surface area (Å²) in [5.74, 6) is -0.246. The van der Waals surface area contributed by atoms with Gasteiger partial charge in [0.25, 0.3) is 5.91 Å². The number of benzene rings is 1. The Kier molecular flexibility index (Phi) is 12.3. The van der Waals surface area contributed by atoms with E-state index in [4.69, 9.17) is 4.74 Å². The van der Waals surface area contributed by atoms with Gasteiger partial charge >= 0.3 is 5.97 Å². The molecule has 1 amide bonds. The van der Waals surface area contributed by atoms with Crippen LogP contribution in [0.2, 0.25) is 0 Å². The molecule has 1 aromatic carbocycles. The van der Waals surface area contributed by atoms with Gasteiger partial charge in [-0.25, -0.2) is 4.79 Å². The standard InChI is InChI=1S/C38H54N2O3/c1-6-7-8-9-10-11-12-13-14-15-16-18-28(2)25-32-21-23-33(24-22-32)38(42)43-36-31(5)29(3)26-39-27-34-20-17-19-30(4)40(34)37(41)35(36)39/h21-24,26,30,34H,2,5-20,25,27H2,1,3-4H3/t30-,34?/m1/s1. The topological polar surface area (TPSA) is 49.9 Å². The van der Waals surface area contributed by atoms with Crippen LogP contribution in [-0.4, -0.2) is 40.3 Å². The molecule has 0 aromatic heterocycles. The minimum absolute atomic E-state index is 0.0668. The number of unbranched alkanes of at least 4 members (excludes halogenated alkanes) is 10. The van der Waals surface area contributed by atoms with E-state index in [1.165, 1.54) is 76.2 Å². The quantitative estimate of drug-likeness (QED) is 0.110. The van der Waals surface area contributed by atoms with Crippen molar-refractivity contribution in [2.75, 3.05) is 6.54 Å². The molecule has 5 heteroatoms. The van der Waals surface area contributed by atoms with Gasteiger partial charge in [0.15, 0.2) is 11.5 Å².